The van der Waals surface area contributed by atoms with Gasteiger partial charge in [-0.2, -0.15) is 5.10 Å². The summed E-state index contributed by atoms with van der Waals surface area (Å²) in [5.41, 5.74) is 1.38. The van der Waals surface area contributed by atoms with Crippen molar-refractivity contribution in [3.8, 4) is 0 Å². The van der Waals surface area contributed by atoms with Gasteiger partial charge in [0.25, 0.3) is 0 Å². The van der Waals surface area contributed by atoms with E-state index in [1.54, 1.807) is 25.0 Å². The second kappa shape index (κ2) is 4.63. The number of benzene rings is 1. The van der Waals surface area contributed by atoms with Gasteiger partial charge in [-0.25, -0.2) is 8.78 Å². The van der Waals surface area contributed by atoms with E-state index in [0.29, 0.717) is 5.56 Å². The van der Waals surface area contributed by atoms with E-state index in [0.717, 1.165) is 11.8 Å². The Morgan fingerprint density at radius 3 is 2.35 bits per heavy atom. The summed E-state index contributed by atoms with van der Waals surface area (Å²) in [5, 5.41) is 7.07. The van der Waals surface area contributed by atoms with E-state index in [1.165, 1.54) is 12.1 Å². The Morgan fingerprint density at radius 1 is 1.24 bits per heavy atom. The molecule has 0 aliphatic carbocycles. The third-order valence-corrected chi connectivity index (χ3v) is 2.66. The predicted molar refractivity (Wildman–Crippen MR) is 60.5 cm³/mol. The Balaban J connectivity index is 2.45. The van der Waals surface area contributed by atoms with E-state index >= 15 is 0 Å². The highest BCUT2D eigenvalue weighted by atomic mass is 19.1. The summed E-state index contributed by atoms with van der Waals surface area (Å²) in [7, 11) is 3.52. The number of nitrogens with one attached hydrogen (secondary N) is 1. The van der Waals surface area contributed by atoms with E-state index in [-0.39, 0.29) is 6.04 Å². The molecular formula is C12H13F2N3. The zero-order valence-corrected chi connectivity index (χ0v) is 9.61. The van der Waals surface area contributed by atoms with Crippen LogP contribution >= 0.6 is 0 Å². The first-order valence-electron chi connectivity index (χ1n) is 5.23. The summed E-state index contributed by atoms with van der Waals surface area (Å²) >= 11 is 0. The first kappa shape index (κ1) is 11.7. The van der Waals surface area contributed by atoms with E-state index in [1.807, 2.05) is 6.07 Å². The molecule has 1 heterocycles. The van der Waals surface area contributed by atoms with Crippen molar-refractivity contribution >= 4 is 0 Å². The predicted octanol–water partition coefficient (Wildman–Crippen LogP) is 2.01. The minimum absolute atomic E-state index is 0.285. The van der Waals surface area contributed by atoms with Gasteiger partial charge in [-0.1, -0.05) is 0 Å². The molecule has 1 atom stereocenters. The SMILES string of the molecule is CNC(c1cc(F)cc(F)c1)c1ccnn1C. The molecule has 0 saturated heterocycles. The topological polar surface area (TPSA) is 29.9 Å². The van der Waals surface area contributed by atoms with Gasteiger partial charge < -0.3 is 5.32 Å². The average Bonchev–Trinajstić information content (AvgIpc) is 2.65. The van der Waals surface area contributed by atoms with Crippen molar-refractivity contribution < 1.29 is 8.78 Å². The number of hydrogen-bond acceptors (Lipinski definition) is 2. The van der Waals surface area contributed by atoms with Crippen LogP contribution in [0.4, 0.5) is 8.78 Å². The second-order valence-corrected chi connectivity index (χ2v) is 3.80. The lowest BCUT2D eigenvalue weighted by Gasteiger charge is -2.17. The normalized spacial score (nSPS) is 12.7. The van der Waals surface area contributed by atoms with Gasteiger partial charge in [0.15, 0.2) is 0 Å². The van der Waals surface area contributed by atoms with Crippen LogP contribution in [0, 0.1) is 11.6 Å². The van der Waals surface area contributed by atoms with Crippen molar-refractivity contribution in [1.82, 2.24) is 15.1 Å². The molecule has 1 unspecified atom stereocenters. The minimum Gasteiger partial charge on any atom is -0.308 e. The number of aromatic nitrogens is 2. The molecule has 0 aliphatic rings. The third kappa shape index (κ3) is 2.34. The number of rotatable bonds is 3. The third-order valence-electron chi connectivity index (χ3n) is 2.66. The van der Waals surface area contributed by atoms with Crippen molar-refractivity contribution in [1.29, 1.82) is 0 Å². The molecule has 5 heteroatoms. The molecular weight excluding hydrogens is 224 g/mol. The van der Waals surface area contributed by atoms with Gasteiger partial charge in [-0.15, -0.1) is 0 Å². The molecule has 1 aromatic carbocycles. The molecule has 0 spiro atoms. The van der Waals surface area contributed by atoms with Gasteiger partial charge in [0.2, 0.25) is 0 Å². The monoisotopic (exact) mass is 237 g/mol. The van der Waals surface area contributed by atoms with Crippen LogP contribution in [0.2, 0.25) is 0 Å². The quantitative estimate of drug-likeness (QED) is 0.885. The van der Waals surface area contributed by atoms with E-state index in [9.17, 15) is 8.78 Å². The highest BCUT2D eigenvalue weighted by Gasteiger charge is 2.16. The van der Waals surface area contributed by atoms with Crippen LogP contribution in [0.25, 0.3) is 0 Å². The highest BCUT2D eigenvalue weighted by Crippen LogP contribution is 2.22. The largest absolute Gasteiger partial charge is 0.308 e. The van der Waals surface area contributed by atoms with E-state index in [2.05, 4.69) is 10.4 Å². The zero-order chi connectivity index (χ0) is 12.4. The van der Waals surface area contributed by atoms with Crippen LogP contribution in [0.5, 0.6) is 0 Å². The summed E-state index contributed by atoms with van der Waals surface area (Å²) in [6.45, 7) is 0. The standard InChI is InChI=1S/C12H13F2N3/c1-15-12(11-3-4-16-17(11)2)8-5-9(13)7-10(14)6-8/h3-7,12,15H,1-2H3. The van der Waals surface area contributed by atoms with Crippen molar-refractivity contribution in [2.24, 2.45) is 7.05 Å². The number of aryl methyl sites for hydroxylation is 1. The fourth-order valence-electron chi connectivity index (χ4n) is 1.89. The van der Waals surface area contributed by atoms with Crippen LogP contribution < -0.4 is 5.32 Å². The van der Waals surface area contributed by atoms with Gasteiger partial charge in [-0.3, -0.25) is 4.68 Å². The number of halogens is 2. The molecule has 0 radical (unpaired) electrons. The molecule has 2 aromatic rings. The first-order chi connectivity index (χ1) is 8.11. The van der Waals surface area contributed by atoms with Crippen LogP contribution in [0.15, 0.2) is 30.5 Å². The summed E-state index contributed by atoms with van der Waals surface area (Å²) in [5.74, 6) is -1.16. The van der Waals surface area contributed by atoms with Crippen molar-refractivity contribution in [3.63, 3.8) is 0 Å². The molecule has 0 saturated carbocycles. The van der Waals surface area contributed by atoms with Gasteiger partial charge in [0, 0.05) is 19.3 Å². The van der Waals surface area contributed by atoms with Crippen LogP contribution in [-0.2, 0) is 7.05 Å². The van der Waals surface area contributed by atoms with Gasteiger partial charge >= 0.3 is 0 Å². The van der Waals surface area contributed by atoms with E-state index in [4.69, 9.17) is 0 Å². The maximum Gasteiger partial charge on any atom is 0.126 e. The van der Waals surface area contributed by atoms with Crippen molar-refractivity contribution in [3.05, 3.63) is 53.4 Å². The molecule has 0 fully saturated rings. The number of hydrogen-bond donors (Lipinski definition) is 1. The number of nitrogens with zero attached hydrogens (tertiary/aromatic N) is 2. The van der Waals surface area contributed by atoms with Crippen LogP contribution in [0.3, 0.4) is 0 Å². The van der Waals surface area contributed by atoms with Crippen molar-refractivity contribution in [2.45, 2.75) is 6.04 Å². The zero-order valence-electron chi connectivity index (χ0n) is 9.61. The minimum atomic E-state index is -0.581. The Hall–Kier alpha value is -1.75. The first-order valence-corrected chi connectivity index (χ1v) is 5.23. The smallest absolute Gasteiger partial charge is 0.126 e. The lowest BCUT2D eigenvalue weighted by molar-refractivity contribution is 0.561. The molecule has 1 aromatic heterocycles. The maximum absolute atomic E-state index is 13.2. The second-order valence-electron chi connectivity index (χ2n) is 3.80. The lowest BCUT2D eigenvalue weighted by Crippen LogP contribution is -2.20. The Bertz CT molecular complexity index is 502. The summed E-state index contributed by atoms with van der Waals surface area (Å²) in [6, 6.07) is 5.02. The Morgan fingerprint density at radius 2 is 1.88 bits per heavy atom. The van der Waals surface area contributed by atoms with Crippen molar-refractivity contribution in [2.75, 3.05) is 7.05 Å². The van der Waals surface area contributed by atoms with E-state index < -0.39 is 11.6 Å². The molecule has 17 heavy (non-hydrogen) atoms. The molecule has 2 rings (SSSR count). The van der Waals surface area contributed by atoms with Crippen LogP contribution in [-0.4, -0.2) is 16.8 Å². The summed E-state index contributed by atoms with van der Waals surface area (Å²) in [6.07, 6.45) is 1.65. The summed E-state index contributed by atoms with van der Waals surface area (Å²) < 4.78 is 28.0. The fourth-order valence-corrected chi connectivity index (χ4v) is 1.89. The summed E-state index contributed by atoms with van der Waals surface area (Å²) in [4.78, 5) is 0. The molecule has 1 N–H and O–H groups in total. The molecule has 0 amide bonds. The molecule has 90 valence electrons. The van der Waals surface area contributed by atoms with Crippen LogP contribution in [0.1, 0.15) is 17.3 Å². The van der Waals surface area contributed by atoms with Gasteiger partial charge in [-0.05, 0) is 30.8 Å². The maximum atomic E-state index is 13.2. The fraction of sp³-hybridized carbons (Fsp3) is 0.250. The van der Waals surface area contributed by atoms with Gasteiger partial charge in [0.1, 0.15) is 11.6 Å². The lowest BCUT2D eigenvalue weighted by atomic mass is 10.0. The molecule has 0 aliphatic heterocycles. The highest BCUT2D eigenvalue weighted by molar-refractivity contribution is 5.28. The van der Waals surface area contributed by atoms with Gasteiger partial charge in [0.05, 0.1) is 11.7 Å². The molecule has 0 bridgehead atoms. The Kier molecular flexibility index (Phi) is 3.19. The Labute approximate surface area is 98.1 Å². The average molecular weight is 237 g/mol. The molecule has 3 nitrogen and oxygen atoms in total.